The first-order valence-corrected chi connectivity index (χ1v) is 10.0. The van der Waals surface area contributed by atoms with Gasteiger partial charge in [0, 0.05) is 19.6 Å². The maximum absolute atomic E-state index is 12.4. The molecule has 1 aliphatic heterocycles. The monoisotopic (exact) mass is 408 g/mol. The summed E-state index contributed by atoms with van der Waals surface area (Å²) in [5.41, 5.74) is 1.52. The Bertz CT molecular complexity index is 1050. The van der Waals surface area contributed by atoms with E-state index < -0.39 is 0 Å². The van der Waals surface area contributed by atoms with Crippen LogP contribution in [0.5, 0.6) is 0 Å². The van der Waals surface area contributed by atoms with Crippen LogP contribution in [0.25, 0.3) is 10.9 Å². The summed E-state index contributed by atoms with van der Waals surface area (Å²) in [6.07, 6.45) is -0.109. The van der Waals surface area contributed by atoms with Gasteiger partial charge in [-0.3, -0.25) is 14.5 Å². The molecule has 0 spiro atoms. The average Bonchev–Trinajstić information content (AvgIpc) is 2.78. The molecule has 0 bridgehead atoms. The van der Waals surface area contributed by atoms with E-state index >= 15 is 0 Å². The summed E-state index contributed by atoms with van der Waals surface area (Å²) in [7, 11) is 0. The maximum Gasteiger partial charge on any atom is 0.307 e. The zero-order valence-corrected chi connectivity index (χ0v) is 16.6. The van der Waals surface area contributed by atoms with Gasteiger partial charge in [0.1, 0.15) is 18.2 Å². The Morgan fingerprint density at radius 1 is 1.13 bits per heavy atom. The number of carbonyl (C=O) groups is 1. The molecule has 1 aromatic heterocycles. The van der Waals surface area contributed by atoms with Crippen LogP contribution in [-0.2, 0) is 27.4 Å². The highest BCUT2D eigenvalue weighted by Crippen LogP contribution is 2.11. The van der Waals surface area contributed by atoms with E-state index in [2.05, 4.69) is 27.3 Å². The molecule has 2 aromatic carbocycles. The quantitative estimate of drug-likeness (QED) is 0.549. The summed E-state index contributed by atoms with van der Waals surface area (Å²) in [6, 6.07) is 17.3. The predicted octanol–water partition coefficient (Wildman–Crippen LogP) is 1.63. The van der Waals surface area contributed by atoms with Crippen LogP contribution in [0.2, 0.25) is 0 Å². The number of hydrogen-bond donors (Lipinski definition) is 0. The van der Waals surface area contributed by atoms with Crippen molar-refractivity contribution in [2.45, 2.75) is 25.6 Å². The lowest BCUT2D eigenvalue weighted by molar-refractivity contribution is -0.151. The van der Waals surface area contributed by atoms with Crippen molar-refractivity contribution in [3.8, 4) is 0 Å². The second-order valence-corrected chi connectivity index (χ2v) is 7.28. The maximum atomic E-state index is 12.4. The summed E-state index contributed by atoms with van der Waals surface area (Å²) in [6.45, 7) is 3.33. The second kappa shape index (κ2) is 9.60. The molecule has 4 rings (SSSR count). The van der Waals surface area contributed by atoms with Crippen molar-refractivity contribution >= 4 is 16.9 Å². The minimum absolute atomic E-state index is 0.0490. The Balaban J connectivity index is 1.25. The smallest absolute Gasteiger partial charge is 0.307 e. The fourth-order valence-electron chi connectivity index (χ4n) is 3.49. The fraction of sp³-hybridized carbons (Fsp3) is 0.364. The molecule has 0 aliphatic carbocycles. The molecule has 0 N–H and O–H groups in total. The van der Waals surface area contributed by atoms with E-state index in [9.17, 15) is 9.59 Å². The number of aromatic nitrogens is 3. The Morgan fingerprint density at radius 3 is 2.80 bits per heavy atom. The van der Waals surface area contributed by atoms with Crippen LogP contribution < -0.4 is 5.56 Å². The van der Waals surface area contributed by atoms with Crippen LogP contribution in [0.1, 0.15) is 12.0 Å². The molecule has 1 aliphatic rings. The normalized spacial score (nSPS) is 17.1. The number of nitrogens with zero attached hydrogens (tertiary/aromatic N) is 4. The number of fused-ring (bicyclic) bond motifs is 1. The SMILES string of the molecule is O=C(CCn1nnc2ccccc2c1=O)OCC1CN(Cc2ccccc2)CCO1. The summed E-state index contributed by atoms with van der Waals surface area (Å²) >= 11 is 0. The molecule has 1 saturated heterocycles. The van der Waals surface area contributed by atoms with Crippen LogP contribution in [0.15, 0.2) is 59.4 Å². The lowest BCUT2D eigenvalue weighted by Gasteiger charge is -2.32. The summed E-state index contributed by atoms with van der Waals surface area (Å²) in [5.74, 6) is -0.388. The largest absolute Gasteiger partial charge is 0.463 e. The van der Waals surface area contributed by atoms with Gasteiger partial charge in [-0.15, -0.1) is 5.10 Å². The van der Waals surface area contributed by atoms with Gasteiger partial charge in [-0.05, 0) is 17.7 Å². The van der Waals surface area contributed by atoms with Crippen molar-refractivity contribution in [2.75, 3.05) is 26.3 Å². The zero-order chi connectivity index (χ0) is 20.8. The van der Waals surface area contributed by atoms with Gasteiger partial charge in [-0.2, -0.15) is 0 Å². The summed E-state index contributed by atoms with van der Waals surface area (Å²) in [4.78, 5) is 26.9. The number of ether oxygens (including phenoxy) is 2. The number of benzene rings is 2. The molecule has 8 nitrogen and oxygen atoms in total. The molecule has 0 radical (unpaired) electrons. The number of esters is 1. The Kier molecular flexibility index (Phi) is 6.46. The lowest BCUT2D eigenvalue weighted by Crippen LogP contribution is -2.44. The molecule has 0 amide bonds. The molecule has 1 unspecified atom stereocenters. The number of morpholine rings is 1. The molecule has 1 atom stereocenters. The van der Waals surface area contributed by atoms with Crippen LogP contribution in [0.4, 0.5) is 0 Å². The Hall–Kier alpha value is -3.10. The molecular formula is C22H24N4O4. The van der Waals surface area contributed by atoms with Gasteiger partial charge in [-0.1, -0.05) is 47.7 Å². The van der Waals surface area contributed by atoms with Crippen molar-refractivity contribution < 1.29 is 14.3 Å². The third-order valence-corrected chi connectivity index (χ3v) is 5.06. The summed E-state index contributed by atoms with van der Waals surface area (Å²) in [5, 5.41) is 8.39. The highest BCUT2D eigenvalue weighted by molar-refractivity contribution is 5.76. The Morgan fingerprint density at radius 2 is 1.93 bits per heavy atom. The van der Waals surface area contributed by atoms with E-state index in [0.29, 0.717) is 24.1 Å². The van der Waals surface area contributed by atoms with Gasteiger partial charge in [0.15, 0.2) is 0 Å². The first kappa shape index (κ1) is 20.2. The van der Waals surface area contributed by atoms with Gasteiger partial charge in [0.05, 0.1) is 25.0 Å². The first-order valence-electron chi connectivity index (χ1n) is 10.0. The van der Waals surface area contributed by atoms with Crippen molar-refractivity contribution in [1.29, 1.82) is 0 Å². The summed E-state index contributed by atoms with van der Waals surface area (Å²) < 4.78 is 12.3. The molecule has 0 saturated carbocycles. The van der Waals surface area contributed by atoms with E-state index in [0.717, 1.165) is 13.1 Å². The van der Waals surface area contributed by atoms with Gasteiger partial charge in [0.25, 0.3) is 5.56 Å². The van der Waals surface area contributed by atoms with Crippen molar-refractivity contribution in [3.63, 3.8) is 0 Å². The minimum atomic E-state index is -0.388. The topological polar surface area (TPSA) is 86.5 Å². The highest BCUT2D eigenvalue weighted by Gasteiger charge is 2.22. The first-order chi connectivity index (χ1) is 14.7. The van der Waals surface area contributed by atoms with E-state index in [1.807, 2.05) is 18.2 Å². The third-order valence-electron chi connectivity index (χ3n) is 5.06. The molecule has 8 heteroatoms. The number of carbonyl (C=O) groups excluding carboxylic acids is 1. The van der Waals surface area contributed by atoms with Gasteiger partial charge < -0.3 is 9.47 Å². The highest BCUT2D eigenvalue weighted by atomic mass is 16.6. The second-order valence-electron chi connectivity index (χ2n) is 7.28. The predicted molar refractivity (Wildman–Crippen MR) is 111 cm³/mol. The average molecular weight is 408 g/mol. The minimum Gasteiger partial charge on any atom is -0.463 e. The van der Waals surface area contributed by atoms with E-state index in [-0.39, 0.29) is 37.2 Å². The van der Waals surface area contributed by atoms with Crippen molar-refractivity contribution in [1.82, 2.24) is 19.9 Å². The van der Waals surface area contributed by atoms with Gasteiger partial charge >= 0.3 is 5.97 Å². The van der Waals surface area contributed by atoms with Crippen LogP contribution in [0, 0.1) is 0 Å². The van der Waals surface area contributed by atoms with Gasteiger partial charge in [-0.25, -0.2) is 4.68 Å². The number of aryl methyl sites for hydroxylation is 1. The van der Waals surface area contributed by atoms with Gasteiger partial charge in [0.2, 0.25) is 0 Å². The standard InChI is InChI=1S/C22H24N4O4/c27-21(10-11-26-22(28)19-8-4-5-9-20(19)23-24-26)30-16-18-15-25(12-13-29-18)14-17-6-2-1-3-7-17/h1-9,18H,10-16H2. The lowest BCUT2D eigenvalue weighted by atomic mass is 10.2. The zero-order valence-electron chi connectivity index (χ0n) is 16.6. The Labute approximate surface area is 174 Å². The molecule has 2 heterocycles. The van der Waals surface area contributed by atoms with Crippen molar-refractivity contribution in [2.24, 2.45) is 0 Å². The molecule has 30 heavy (non-hydrogen) atoms. The van der Waals surface area contributed by atoms with E-state index in [4.69, 9.17) is 9.47 Å². The van der Waals surface area contributed by atoms with Crippen molar-refractivity contribution in [3.05, 3.63) is 70.5 Å². The van der Waals surface area contributed by atoms with E-state index in [1.54, 1.807) is 24.3 Å². The number of hydrogen-bond acceptors (Lipinski definition) is 7. The molecule has 1 fully saturated rings. The molecular weight excluding hydrogens is 384 g/mol. The fourth-order valence-corrected chi connectivity index (χ4v) is 3.49. The van der Waals surface area contributed by atoms with Crippen LogP contribution in [0.3, 0.4) is 0 Å². The number of rotatable bonds is 7. The van der Waals surface area contributed by atoms with E-state index in [1.165, 1.54) is 10.2 Å². The van der Waals surface area contributed by atoms with Crippen LogP contribution >= 0.6 is 0 Å². The van der Waals surface area contributed by atoms with Crippen LogP contribution in [-0.4, -0.2) is 58.3 Å². The third kappa shape index (κ3) is 5.08. The molecule has 3 aromatic rings. The molecule has 156 valence electrons.